The van der Waals surface area contributed by atoms with Crippen LogP contribution in [0.15, 0.2) is 36.4 Å². The molecule has 2 unspecified atom stereocenters. The number of hydrogen-bond donors (Lipinski definition) is 2. The van der Waals surface area contributed by atoms with Crippen LogP contribution >= 0.6 is 11.3 Å². The maximum absolute atomic E-state index is 12.6. The third-order valence-corrected chi connectivity index (χ3v) is 6.47. The lowest BCUT2D eigenvalue weighted by molar-refractivity contribution is -0.117. The summed E-state index contributed by atoms with van der Waals surface area (Å²) in [5.41, 5.74) is 2.35. The van der Waals surface area contributed by atoms with E-state index in [-0.39, 0.29) is 29.9 Å². The van der Waals surface area contributed by atoms with Crippen LogP contribution in [0.5, 0.6) is 0 Å². The second-order valence-corrected chi connectivity index (χ2v) is 9.41. The molecule has 1 aliphatic carbocycles. The fraction of sp³-hybridized carbons (Fsp3) is 0.478. The predicted octanol–water partition coefficient (Wildman–Crippen LogP) is 3.64. The number of amides is 2. The lowest BCUT2D eigenvalue weighted by atomic mass is 10.1. The molecule has 6 nitrogen and oxygen atoms in total. The molecule has 1 saturated carbocycles. The number of nitrogens with zero attached hydrogens (tertiary/aromatic N) is 1. The molecule has 2 aromatic rings. The summed E-state index contributed by atoms with van der Waals surface area (Å²) in [7, 11) is 0. The number of rotatable bonds is 7. The first-order valence-corrected chi connectivity index (χ1v) is 11.4. The number of morpholine rings is 1. The summed E-state index contributed by atoms with van der Waals surface area (Å²) in [6.07, 6.45) is 2.39. The van der Waals surface area contributed by atoms with E-state index in [1.807, 2.05) is 12.1 Å². The normalized spacial score (nSPS) is 21.9. The molecule has 30 heavy (non-hydrogen) atoms. The van der Waals surface area contributed by atoms with Crippen molar-refractivity contribution >= 4 is 28.2 Å². The van der Waals surface area contributed by atoms with Crippen molar-refractivity contribution in [3.63, 3.8) is 0 Å². The van der Waals surface area contributed by atoms with Crippen molar-refractivity contribution in [3.05, 3.63) is 52.4 Å². The summed E-state index contributed by atoms with van der Waals surface area (Å²) >= 11 is 1.32. The molecule has 0 radical (unpaired) electrons. The van der Waals surface area contributed by atoms with Crippen molar-refractivity contribution < 1.29 is 14.3 Å². The van der Waals surface area contributed by atoms with Gasteiger partial charge in [-0.25, -0.2) is 0 Å². The first-order valence-electron chi connectivity index (χ1n) is 10.6. The summed E-state index contributed by atoms with van der Waals surface area (Å²) in [6, 6.07) is 11.8. The molecule has 2 N–H and O–H groups in total. The zero-order valence-electron chi connectivity index (χ0n) is 17.5. The fourth-order valence-corrected chi connectivity index (χ4v) is 4.72. The molecule has 1 aromatic carbocycles. The molecular weight excluding hydrogens is 398 g/mol. The second kappa shape index (κ2) is 9.29. The van der Waals surface area contributed by atoms with Gasteiger partial charge in [-0.05, 0) is 49.9 Å². The lowest BCUT2D eigenvalue weighted by Crippen LogP contribution is -2.45. The SMILES string of the molecule is CC1CN(Cc2ccccc2CNC(=O)c2ccc(NC(=O)C3CC3)s2)CC(C)O1. The van der Waals surface area contributed by atoms with Crippen LogP contribution in [-0.4, -0.2) is 42.0 Å². The summed E-state index contributed by atoms with van der Waals surface area (Å²) in [5.74, 6) is 0.0955. The van der Waals surface area contributed by atoms with Crippen molar-refractivity contribution in [1.82, 2.24) is 10.2 Å². The Morgan fingerprint density at radius 1 is 1.07 bits per heavy atom. The van der Waals surface area contributed by atoms with Crippen LogP contribution in [0.4, 0.5) is 5.00 Å². The van der Waals surface area contributed by atoms with E-state index >= 15 is 0 Å². The Morgan fingerprint density at radius 3 is 2.47 bits per heavy atom. The average Bonchev–Trinajstić information content (AvgIpc) is 3.46. The largest absolute Gasteiger partial charge is 0.373 e. The van der Waals surface area contributed by atoms with E-state index in [1.54, 1.807) is 12.1 Å². The van der Waals surface area contributed by atoms with Crippen LogP contribution in [-0.2, 0) is 22.6 Å². The maximum atomic E-state index is 12.6. The van der Waals surface area contributed by atoms with E-state index in [0.717, 1.165) is 43.0 Å². The highest BCUT2D eigenvalue weighted by atomic mass is 32.1. The van der Waals surface area contributed by atoms with Crippen molar-refractivity contribution in [2.75, 3.05) is 18.4 Å². The van der Waals surface area contributed by atoms with Crippen molar-refractivity contribution in [3.8, 4) is 0 Å². The number of anilines is 1. The monoisotopic (exact) mass is 427 g/mol. The van der Waals surface area contributed by atoms with Crippen molar-refractivity contribution in [2.45, 2.75) is 52.0 Å². The van der Waals surface area contributed by atoms with Crippen LogP contribution < -0.4 is 10.6 Å². The molecule has 1 aromatic heterocycles. The molecule has 2 atom stereocenters. The quantitative estimate of drug-likeness (QED) is 0.708. The third-order valence-electron chi connectivity index (χ3n) is 5.47. The van der Waals surface area contributed by atoms with Gasteiger partial charge in [-0.15, -0.1) is 11.3 Å². The standard InChI is InChI=1S/C23H29N3O3S/c1-15-12-26(13-16(2)29-15)14-19-6-4-3-5-18(19)11-24-23(28)20-9-10-21(30-20)25-22(27)17-7-8-17/h3-6,9-10,15-17H,7-8,11-14H2,1-2H3,(H,24,28)(H,25,27). The number of carbonyl (C=O) groups excluding carboxylic acids is 2. The molecule has 0 spiro atoms. The van der Waals surface area contributed by atoms with Gasteiger partial charge in [-0.1, -0.05) is 24.3 Å². The number of carbonyl (C=O) groups is 2. The Bertz CT molecular complexity index is 899. The van der Waals surface area contributed by atoms with Crippen molar-refractivity contribution in [1.29, 1.82) is 0 Å². The van der Waals surface area contributed by atoms with E-state index in [4.69, 9.17) is 4.74 Å². The molecule has 2 fully saturated rings. The van der Waals surface area contributed by atoms with Gasteiger partial charge in [0.1, 0.15) is 0 Å². The second-order valence-electron chi connectivity index (χ2n) is 8.33. The number of hydrogen-bond acceptors (Lipinski definition) is 5. The Labute approximate surface area is 181 Å². The Morgan fingerprint density at radius 2 is 1.77 bits per heavy atom. The summed E-state index contributed by atoms with van der Waals surface area (Å²) in [4.78, 5) is 27.5. The minimum absolute atomic E-state index is 0.0597. The summed E-state index contributed by atoms with van der Waals surface area (Å²) in [5, 5.41) is 6.66. The van der Waals surface area contributed by atoms with Gasteiger partial charge < -0.3 is 15.4 Å². The molecule has 160 valence electrons. The molecule has 2 heterocycles. The smallest absolute Gasteiger partial charge is 0.261 e. The molecule has 0 bridgehead atoms. The minimum Gasteiger partial charge on any atom is -0.373 e. The Kier molecular flexibility index (Phi) is 6.51. The molecule has 4 rings (SSSR count). The van der Waals surface area contributed by atoms with Gasteiger partial charge in [0.25, 0.3) is 5.91 Å². The van der Waals surface area contributed by atoms with Crippen LogP contribution in [0.2, 0.25) is 0 Å². The Balaban J connectivity index is 1.34. The van der Waals surface area contributed by atoms with Crippen molar-refractivity contribution in [2.24, 2.45) is 5.92 Å². The van der Waals surface area contributed by atoms with Gasteiger partial charge in [-0.2, -0.15) is 0 Å². The first-order chi connectivity index (χ1) is 14.5. The van der Waals surface area contributed by atoms with Gasteiger partial charge in [0.2, 0.25) is 5.91 Å². The average molecular weight is 428 g/mol. The van der Waals surface area contributed by atoms with E-state index in [0.29, 0.717) is 11.4 Å². The van der Waals surface area contributed by atoms with Gasteiger partial charge in [0, 0.05) is 32.1 Å². The number of nitrogens with one attached hydrogen (secondary N) is 2. The van der Waals surface area contributed by atoms with E-state index < -0.39 is 0 Å². The van der Waals surface area contributed by atoms with Gasteiger partial charge >= 0.3 is 0 Å². The molecule has 7 heteroatoms. The summed E-state index contributed by atoms with van der Waals surface area (Å²) in [6.45, 7) is 7.37. The van der Waals surface area contributed by atoms with Gasteiger partial charge in [0.05, 0.1) is 22.1 Å². The zero-order valence-corrected chi connectivity index (χ0v) is 18.3. The molecule has 1 aliphatic heterocycles. The van der Waals surface area contributed by atoms with Crippen LogP contribution in [0.25, 0.3) is 0 Å². The maximum Gasteiger partial charge on any atom is 0.261 e. The molecule has 2 amide bonds. The molecule has 2 aliphatic rings. The highest BCUT2D eigenvalue weighted by molar-refractivity contribution is 7.18. The van der Waals surface area contributed by atoms with Crippen LogP contribution in [0.3, 0.4) is 0 Å². The first kappa shape index (κ1) is 21.0. The third kappa shape index (κ3) is 5.47. The minimum atomic E-state index is -0.115. The van der Waals surface area contributed by atoms with Gasteiger partial charge in [0.15, 0.2) is 0 Å². The van der Waals surface area contributed by atoms with E-state index in [1.165, 1.54) is 16.9 Å². The fourth-order valence-electron chi connectivity index (χ4n) is 3.90. The van der Waals surface area contributed by atoms with Crippen LogP contribution in [0, 0.1) is 5.92 Å². The summed E-state index contributed by atoms with van der Waals surface area (Å²) < 4.78 is 5.83. The Hall–Kier alpha value is -2.22. The predicted molar refractivity (Wildman–Crippen MR) is 119 cm³/mol. The van der Waals surface area contributed by atoms with E-state index in [9.17, 15) is 9.59 Å². The van der Waals surface area contributed by atoms with Crippen LogP contribution in [0.1, 0.15) is 47.5 Å². The highest BCUT2D eigenvalue weighted by Crippen LogP contribution is 2.31. The van der Waals surface area contributed by atoms with E-state index in [2.05, 4.69) is 41.5 Å². The number of thiophene rings is 1. The number of ether oxygens (including phenoxy) is 1. The van der Waals surface area contributed by atoms with Gasteiger partial charge in [-0.3, -0.25) is 14.5 Å². The molecule has 1 saturated heterocycles. The highest BCUT2D eigenvalue weighted by Gasteiger charge is 2.30. The zero-order chi connectivity index (χ0) is 21.1. The molecular formula is C23H29N3O3S. The number of benzene rings is 1. The topological polar surface area (TPSA) is 70.7 Å². The lowest BCUT2D eigenvalue weighted by Gasteiger charge is -2.35.